The van der Waals surface area contributed by atoms with Gasteiger partial charge in [0.15, 0.2) is 5.69 Å². The number of amides is 1. The molecule has 8 nitrogen and oxygen atoms in total. The Morgan fingerprint density at radius 2 is 2.17 bits per heavy atom. The van der Waals surface area contributed by atoms with Gasteiger partial charge in [-0.15, -0.1) is 5.10 Å². The smallest absolute Gasteiger partial charge is 0.277 e. The topological polar surface area (TPSA) is 97.6 Å². The van der Waals surface area contributed by atoms with E-state index in [0.717, 1.165) is 13.1 Å². The van der Waals surface area contributed by atoms with Gasteiger partial charge in [-0.3, -0.25) is 4.79 Å². The lowest BCUT2D eigenvalue weighted by atomic mass is 10.2. The molecule has 3 rings (SSSR count). The van der Waals surface area contributed by atoms with Crippen molar-refractivity contribution in [2.24, 2.45) is 0 Å². The van der Waals surface area contributed by atoms with Crippen LogP contribution in [-0.2, 0) is 0 Å². The van der Waals surface area contributed by atoms with Crippen LogP contribution >= 0.6 is 0 Å². The lowest BCUT2D eigenvalue weighted by Gasteiger charge is -2.26. The summed E-state index contributed by atoms with van der Waals surface area (Å²) < 4.78 is 1.70. The van der Waals surface area contributed by atoms with Crippen LogP contribution in [-0.4, -0.2) is 44.0 Å². The normalized spacial score (nSPS) is 15.1. The highest BCUT2D eigenvalue weighted by atomic mass is 16.2. The Labute approximate surface area is 102 Å². The van der Waals surface area contributed by atoms with Gasteiger partial charge < -0.3 is 10.6 Å². The first-order chi connectivity index (χ1) is 8.83. The molecule has 92 valence electrons. The van der Waals surface area contributed by atoms with Crippen molar-refractivity contribution >= 4 is 11.6 Å². The highest BCUT2D eigenvalue weighted by Gasteiger charge is 2.21. The average molecular weight is 245 g/mol. The molecule has 3 heterocycles. The van der Waals surface area contributed by atoms with Gasteiger partial charge in [0.05, 0.1) is 30.3 Å². The summed E-state index contributed by atoms with van der Waals surface area (Å²) in [6.07, 6.45) is 6.08. The maximum absolute atomic E-state index is 11.9. The summed E-state index contributed by atoms with van der Waals surface area (Å²) in [6, 6.07) is 0.291. The van der Waals surface area contributed by atoms with E-state index in [9.17, 15) is 4.79 Å². The summed E-state index contributed by atoms with van der Waals surface area (Å²) in [5.74, 6) is -0.316. The van der Waals surface area contributed by atoms with E-state index in [1.54, 1.807) is 10.9 Å². The molecule has 0 atom stereocenters. The van der Waals surface area contributed by atoms with Gasteiger partial charge >= 0.3 is 0 Å². The zero-order valence-electron chi connectivity index (χ0n) is 9.45. The largest absolute Gasteiger partial charge is 0.318 e. The van der Waals surface area contributed by atoms with Crippen LogP contribution in [0.5, 0.6) is 0 Å². The van der Waals surface area contributed by atoms with Crippen LogP contribution in [0.25, 0.3) is 0 Å². The zero-order chi connectivity index (χ0) is 12.4. The van der Waals surface area contributed by atoms with Crippen LogP contribution in [0.15, 0.2) is 24.9 Å². The minimum absolute atomic E-state index is 0.283. The fraction of sp³-hybridized carbons (Fsp3) is 0.300. The standard InChI is InChI=1S/C10H11N7O/c18-10(14-7-1-12-6-13-2-7)9-5-17(16-15-9)8-3-11-4-8/h1-2,5-6,8,11H,3-4H2,(H,14,18). The molecule has 0 aliphatic carbocycles. The first-order valence-electron chi connectivity index (χ1n) is 5.52. The maximum Gasteiger partial charge on any atom is 0.277 e. The molecule has 8 heteroatoms. The van der Waals surface area contributed by atoms with Crippen molar-refractivity contribution in [3.63, 3.8) is 0 Å². The van der Waals surface area contributed by atoms with Gasteiger partial charge in [-0.05, 0) is 0 Å². The van der Waals surface area contributed by atoms with Crippen molar-refractivity contribution in [2.45, 2.75) is 6.04 Å². The van der Waals surface area contributed by atoms with Crippen LogP contribution in [0.4, 0.5) is 5.69 Å². The van der Waals surface area contributed by atoms with Crippen LogP contribution in [0.2, 0.25) is 0 Å². The molecule has 0 spiro atoms. The van der Waals surface area contributed by atoms with Gasteiger partial charge in [0.2, 0.25) is 0 Å². The van der Waals surface area contributed by atoms with Crippen LogP contribution in [0.1, 0.15) is 16.5 Å². The monoisotopic (exact) mass is 245 g/mol. The first-order valence-corrected chi connectivity index (χ1v) is 5.52. The molecule has 18 heavy (non-hydrogen) atoms. The number of nitrogens with zero attached hydrogens (tertiary/aromatic N) is 5. The second-order valence-corrected chi connectivity index (χ2v) is 3.98. The van der Waals surface area contributed by atoms with E-state index < -0.39 is 0 Å². The van der Waals surface area contributed by atoms with E-state index in [4.69, 9.17) is 0 Å². The van der Waals surface area contributed by atoms with Gasteiger partial charge in [-0.2, -0.15) is 0 Å². The van der Waals surface area contributed by atoms with Gasteiger partial charge in [0.1, 0.15) is 6.33 Å². The number of aromatic nitrogens is 5. The Kier molecular flexibility index (Phi) is 2.69. The number of carbonyl (C=O) groups excluding carboxylic acids is 1. The third kappa shape index (κ3) is 2.05. The van der Waals surface area contributed by atoms with E-state index in [1.807, 2.05) is 0 Å². The van der Waals surface area contributed by atoms with E-state index in [0.29, 0.717) is 11.7 Å². The highest BCUT2D eigenvalue weighted by Crippen LogP contribution is 2.10. The van der Waals surface area contributed by atoms with Crippen LogP contribution in [0, 0.1) is 0 Å². The molecule has 1 aliphatic heterocycles. The molecule has 1 fully saturated rings. The predicted octanol–water partition coefficient (Wildman–Crippen LogP) is -0.535. The molecule has 0 bridgehead atoms. The Bertz CT molecular complexity index is 548. The Morgan fingerprint density at radius 1 is 1.39 bits per heavy atom. The Balaban J connectivity index is 1.70. The van der Waals surface area contributed by atoms with E-state index in [1.165, 1.54) is 18.7 Å². The molecule has 2 aromatic heterocycles. The molecule has 0 aromatic carbocycles. The van der Waals surface area contributed by atoms with Crippen LogP contribution < -0.4 is 10.6 Å². The molecule has 0 unspecified atom stereocenters. The molecule has 0 saturated carbocycles. The zero-order valence-corrected chi connectivity index (χ0v) is 9.45. The lowest BCUT2D eigenvalue weighted by molar-refractivity contribution is 0.102. The highest BCUT2D eigenvalue weighted by molar-refractivity contribution is 6.02. The second-order valence-electron chi connectivity index (χ2n) is 3.98. The third-order valence-corrected chi connectivity index (χ3v) is 2.70. The SMILES string of the molecule is O=C(Nc1cncnc1)c1cn(C2CNC2)nn1. The molecule has 0 radical (unpaired) electrons. The van der Waals surface area contributed by atoms with Gasteiger partial charge in [-0.25, -0.2) is 14.6 Å². The summed E-state index contributed by atoms with van der Waals surface area (Å²) in [5.41, 5.74) is 0.813. The van der Waals surface area contributed by atoms with E-state index in [-0.39, 0.29) is 11.6 Å². The van der Waals surface area contributed by atoms with Crippen molar-refractivity contribution in [1.29, 1.82) is 0 Å². The quantitative estimate of drug-likeness (QED) is 0.754. The van der Waals surface area contributed by atoms with Gasteiger partial charge in [0.25, 0.3) is 5.91 Å². The van der Waals surface area contributed by atoms with Crippen LogP contribution in [0.3, 0.4) is 0 Å². The number of rotatable bonds is 3. The molecule has 1 aliphatic rings. The fourth-order valence-electron chi connectivity index (χ4n) is 1.58. The third-order valence-electron chi connectivity index (χ3n) is 2.70. The van der Waals surface area contributed by atoms with Crippen molar-refractivity contribution in [1.82, 2.24) is 30.3 Å². The summed E-state index contributed by atoms with van der Waals surface area (Å²) in [7, 11) is 0. The van der Waals surface area contributed by atoms with Crippen molar-refractivity contribution in [2.75, 3.05) is 18.4 Å². The average Bonchev–Trinajstić information content (AvgIpc) is 2.77. The second kappa shape index (κ2) is 4.49. The number of nitrogens with one attached hydrogen (secondary N) is 2. The minimum atomic E-state index is -0.316. The number of carbonyl (C=O) groups is 1. The summed E-state index contributed by atoms with van der Waals surface area (Å²) in [4.78, 5) is 19.5. The molecule has 2 aromatic rings. The number of anilines is 1. The molecule has 2 N–H and O–H groups in total. The minimum Gasteiger partial charge on any atom is -0.318 e. The van der Waals surface area contributed by atoms with Gasteiger partial charge in [-0.1, -0.05) is 5.21 Å². The Morgan fingerprint density at radius 3 is 2.83 bits per heavy atom. The molecular weight excluding hydrogens is 234 g/mol. The van der Waals surface area contributed by atoms with Crippen molar-refractivity contribution in [3.8, 4) is 0 Å². The summed E-state index contributed by atoms with van der Waals surface area (Å²) in [6.45, 7) is 1.72. The molecule has 1 amide bonds. The number of hydrogen-bond acceptors (Lipinski definition) is 6. The fourth-order valence-corrected chi connectivity index (χ4v) is 1.58. The summed E-state index contributed by atoms with van der Waals surface area (Å²) in [5, 5.41) is 13.6. The van der Waals surface area contributed by atoms with E-state index in [2.05, 4.69) is 30.9 Å². The van der Waals surface area contributed by atoms with Gasteiger partial charge in [0, 0.05) is 13.1 Å². The summed E-state index contributed by atoms with van der Waals surface area (Å²) >= 11 is 0. The predicted molar refractivity (Wildman–Crippen MR) is 61.9 cm³/mol. The maximum atomic E-state index is 11.9. The molecule has 1 saturated heterocycles. The van der Waals surface area contributed by atoms with Crippen molar-refractivity contribution in [3.05, 3.63) is 30.6 Å². The Hall–Kier alpha value is -2.35. The van der Waals surface area contributed by atoms with Crippen molar-refractivity contribution < 1.29 is 4.79 Å². The van der Waals surface area contributed by atoms with E-state index >= 15 is 0 Å². The number of hydrogen-bond donors (Lipinski definition) is 2. The lowest BCUT2D eigenvalue weighted by Crippen LogP contribution is -2.43. The molecular formula is C10H11N7O. The first kappa shape index (κ1) is 10.8.